The van der Waals surface area contributed by atoms with E-state index in [0.717, 1.165) is 18.4 Å². The highest BCUT2D eigenvalue weighted by atomic mass is 32.2. The molecule has 0 aromatic heterocycles. The third kappa shape index (κ3) is 3.51. The van der Waals surface area contributed by atoms with Gasteiger partial charge in [0.15, 0.2) is 0 Å². The lowest BCUT2D eigenvalue weighted by molar-refractivity contribution is -0.171. The van der Waals surface area contributed by atoms with Gasteiger partial charge in [-0.3, -0.25) is 14.9 Å². The maximum Gasteiger partial charge on any atom is 0.327 e. The van der Waals surface area contributed by atoms with Crippen LogP contribution in [0.15, 0.2) is 30.3 Å². The van der Waals surface area contributed by atoms with Crippen LogP contribution in [0.2, 0.25) is 0 Å². The van der Waals surface area contributed by atoms with E-state index >= 15 is 0 Å². The van der Waals surface area contributed by atoms with Gasteiger partial charge in [-0.05, 0) is 32.4 Å². The lowest BCUT2D eigenvalue weighted by atomic mass is 9.90. The molecule has 0 aliphatic carbocycles. The minimum atomic E-state index is -1.26. The van der Waals surface area contributed by atoms with E-state index in [2.05, 4.69) is 10.6 Å². The number of fused-ring (bicyclic) bond motifs is 1. The van der Waals surface area contributed by atoms with Crippen molar-refractivity contribution < 1.29 is 19.5 Å². The van der Waals surface area contributed by atoms with Crippen molar-refractivity contribution in [2.75, 3.05) is 6.54 Å². The Morgan fingerprint density at radius 3 is 2.54 bits per heavy atom. The van der Waals surface area contributed by atoms with Gasteiger partial charge >= 0.3 is 5.97 Å². The number of hydrogen-bond donors (Lipinski definition) is 3. The number of carbonyl (C=O) groups excluding carboxylic acids is 2. The van der Waals surface area contributed by atoms with Crippen LogP contribution in [-0.4, -0.2) is 56.2 Å². The lowest BCUT2D eigenvalue weighted by Crippen LogP contribution is -2.85. The highest BCUT2D eigenvalue weighted by Gasteiger charge is 2.72. The molecule has 0 spiro atoms. The molecule has 2 amide bonds. The van der Waals surface area contributed by atoms with E-state index in [1.54, 1.807) is 0 Å². The molecule has 2 heterocycles. The van der Waals surface area contributed by atoms with E-state index in [0.29, 0.717) is 6.54 Å². The summed E-state index contributed by atoms with van der Waals surface area (Å²) in [6, 6.07) is 8.41. The minimum absolute atomic E-state index is 0.161. The molecule has 0 radical (unpaired) electrons. The Hall–Kier alpha value is -2.06. The number of carboxylic acids is 1. The second-order valence-electron chi connectivity index (χ2n) is 7.83. The van der Waals surface area contributed by atoms with Gasteiger partial charge < -0.3 is 15.3 Å². The van der Waals surface area contributed by atoms with Crippen molar-refractivity contribution in [1.29, 1.82) is 0 Å². The van der Waals surface area contributed by atoms with Crippen molar-refractivity contribution in [3.05, 3.63) is 35.9 Å². The van der Waals surface area contributed by atoms with Gasteiger partial charge in [0.1, 0.15) is 11.4 Å². The molecular formula is C20H27N3O4S. The Labute approximate surface area is 169 Å². The highest BCUT2D eigenvalue weighted by molar-refractivity contribution is 8.01. The first-order valence-corrected chi connectivity index (χ1v) is 10.4. The maximum atomic E-state index is 13.1. The Balaban J connectivity index is 1.82. The number of β-lactam (4-membered cyclic amide) rings is 1. The van der Waals surface area contributed by atoms with E-state index in [9.17, 15) is 19.5 Å². The molecule has 3 rings (SSSR count). The molecule has 8 heteroatoms. The number of unbranched alkanes of at least 4 members (excludes halogenated alkanes) is 1. The molecule has 0 saturated carbocycles. The third-order valence-electron chi connectivity index (χ3n) is 5.26. The second-order valence-corrected chi connectivity index (χ2v) is 9.56. The standard InChI is InChI=1S/C20H27N3O4S/c1-4-5-11-21-20(22-14(24)12-13-9-7-6-8-10-13)17(27)23-15(16(25)26)19(2,3)28-18(20)23/h6-10,15,18,21H,4-5,11-12H2,1-3H3,(H,22,24)(H,25,26)/t15-,18+,20-/m0/s1. The fourth-order valence-electron chi connectivity index (χ4n) is 3.89. The van der Waals surface area contributed by atoms with Crippen molar-refractivity contribution in [1.82, 2.24) is 15.5 Å². The summed E-state index contributed by atoms with van der Waals surface area (Å²) in [7, 11) is 0. The smallest absolute Gasteiger partial charge is 0.327 e. The predicted octanol–water partition coefficient (Wildman–Crippen LogP) is 1.58. The monoisotopic (exact) mass is 405 g/mol. The molecule has 7 nitrogen and oxygen atoms in total. The summed E-state index contributed by atoms with van der Waals surface area (Å²) < 4.78 is -0.648. The Kier molecular flexibility index (Phi) is 5.72. The Morgan fingerprint density at radius 1 is 1.25 bits per heavy atom. The number of thioether (sulfide) groups is 1. The number of amides is 2. The van der Waals surface area contributed by atoms with Crippen LogP contribution in [0, 0.1) is 0 Å². The van der Waals surface area contributed by atoms with E-state index in [-0.39, 0.29) is 18.2 Å². The molecule has 3 N–H and O–H groups in total. The van der Waals surface area contributed by atoms with Crippen LogP contribution in [0.1, 0.15) is 39.2 Å². The fraction of sp³-hybridized carbons (Fsp3) is 0.550. The van der Waals surface area contributed by atoms with Crippen molar-refractivity contribution in [2.24, 2.45) is 0 Å². The van der Waals surface area contributed by atoms with E-state index in [4.69, 9.17) is 0 Å². The van der Waals surface area contributed by atoms with Crippen LogP contribution >= 0.6 is 11.8 Å². The van der Waals surface area contributed by atoms with E-state index < -0.39 is 27.8 Å². The van der Waals surface area contributed by atoms with Crippen molar-refractivity contribution in [3.8, 4) is 0 Å². The molecular weight excluding hydrogens is 378 g/mol. The topological polar surface area (TPSA) is 98.7 Å². The minimum Gasteiger partial charge on any atom is -0.480 e. The largest absolute Gasteiger partial charge is 0.480 e. The van der Waals surface area contributed by atoms with Crippen LogP contribution < -0.4 is 10.6 Å². The molecule has 0 unspecified atom stereocenters. The van der Waals surface area contributed by atoms with Gasteiger partial charge in [-0.25, -0.2) is 4.79 Å². The first-order valence-electron chi connectivity index (χ1n) is 9.56. The van der Waals surface area contributed by atoms with Crippen LogP contribution in [-0.2, 0) is 20.8 Å². The number of nitrogens with zero attached hydrogens (tertiary/aromatic N) is 1. The third-order valence-corrected chi connectivity index (χ3v) is 6.89. The number of hydrogen-bond acceptors (Lipinski definition) is 5. The molecule has 1 aromatic rings. The van der Waals surface area contributed by atoms with Crippen LogP contribution in [0.5, 0.6) is 0 Å². The molecule has 3 atom stereocenters. The first-order chi connectivity index (χ1) is 13.2. The summed E-state index contributed by atoms with van der Waals surface area (Å²) in [6.45, 7) is 6.26. The molecule has 2 aliphatic heterocycles. The zero-order valence-electron chi connectivity index (χ0n) is 16.4. The van der Waals surface area contributed by atoms with E-state index in [1.165, 1.54) is 16.7 Å². The van der Waals surface area contributed by atoms with Crippen LogP contribution in [0.25, 0.3) is 0 Å². The summed E-state index contributed by atoms with van der Waals surface area (Å²) >= 11 is 1.42. The molecule has 28 heavy (non-hydrogen) atoms. The quantitative estimate of drug-likeness (QED) is 0.345. The zero-order valence-corrected chi connectivity index (χ0v) is 17.2. The first kappa shape index (κ1) is 20.7. The maximum absolute atomic E-state index is 13.1. The number of carbonyl (C=O) groups is 3. The predicted molar refractivity (Wildman–Crippen MR) is 108 cm³/mol. The lowest BCUT2D eigenvalue weighted by Gasteiger charge is -2.53. The summed E-state index contributed by atoms with van der Waals surface area (Å²) in [5, 5.41) is 15.3. The number of carboxylic acid groups (broad SMARTS) is 1. The Bertz CT molecular complexity index is 770. The number of benzene rings is 1. The van der Waals surface area contributed by atoms with Gasteiger partial charge in [-0.15, -0.1) is 11.8 Å². The molecule has 2 fully saturated rings. The van der Waals surface area contributed by atoms with Crippen LogP contribution in [0.3, 0.4) is 0 Å². The average Bonchev–Trinajstić information content (AvgIpc) is 2.91. The SMILES string of the molecule is CCCCN[C@]1(NC(=O)Cc2ccccc2)C(=O)N2[C@@H](C(=O)O)C(C)(C)S[C@@H]21. The number of aliphatic carboxylic acids is 1. The highest BCUT2D eigenvalue weighted by Crippen LogP contribution is 2.54. The molecule has 2 saturated heterocycles. The van der Waals surface area contributed by atoms with Crippen molar-refractivity contribution in [3.63, 3.8) is 0 Å². The summed E-state index contributed by atoms with van der Waals surface area (Å²) in [6.07, 6.45) is 1.96. The molecule has 0 bridgehead atoms. The average molecular weight is 406 g/mol. The summed E-state index contributed by atoms with van der Waals surface area (Å²) in [4.78, 5) is 39.0. The summed E-state index contributed by atoms with van der Waals surface area (Å²) in [5.41, 5.74) is -0.400. The summed E-state index contributed by atoms with van der Waals surface area (Å²) in [5.74, 6) is -1.66. The van der Waals surface area contributed by atoms with Gasteiger partial charge in [-0.2, -0.15) is 0 Å². The molecule has 1 aromatic carbocycles. The second kappa shape index (κ2) is 7.75. The van der Waals surface area contributed by atoms with E-state index in [1.807, 2.05) is 51.1 Å². The number of nitrogens with one attached hydrogen (secondary N) is 2. The van der Waals surface area contributed by atoms with Gasteiger partial charge in [0.05, 0.1) is 6.42 Å². The van der Waals surface area contributed by atoms with Gasteiger partial charge in [0.2, 0.25) is 11.6 Å². The Morgan fingerprint density at radius 2 is 1.93 bits per heavy atom. The van der Waals surface area contributed by atoms with Gasteiger partial charge in [0.25, 0.3) is 5.91 Å². The van der Waals surface area contributed by atoms with Gasteiger partial charge in [0, 0.05) is 4.75 Å². The number of rotatable bonds is 8. The van der Waals surface area contributed by atoms with Crippen molar-refractivity contribution >= 4 is 29.5 Å². The molecule has 152 valence electrons. The van der Waals surface area contributed by atoms with Crippen molar-refractivity contribution in [2.45, 2.75) is 61.9 Å². The van der Waals surface area contributed by atoms with Gasteiger partial charge in [-0.1, -0.05) is 43.7 Å². The normalized spacial score (nSPS) is 27.8. The fourth-order valence-corrected chi connectivity index (χ4v) is 5.56. The zero-order chi connectivity index (χ0) is 20.5. The van der Waals surface area contributed by atoms with Crippen LogP contribution in [0.4, 0.5) is 0 Å². The molecule has 2 aliphatic rings.